The zero-order valence-corrected chi connectivity index (χ0v) is 15.1. The minimum atomic E-state index is -0.146. The molecule has 3 aromatic rings. The van der Waals surface area contributed by atoms with Gasteiger partial charge in [0.1, 0.15) is 17.0 Å². The van der Waals surface area contributed by atoms with Crippen LogP contribution in [-0.4, -0.2) is 49.8 Å². The largest absolute Gasteiger partial charge is 0.336 e. The molecule has 1 amide bonds. The van der Waals surface area contributed by atoms with E-state index in [4.69, 9.17) is 11.6 Å². The Bertz CT molecular complexity index is 919. The van der Waals surface area contributed by atoms with Gasteiger partial charge >= 0.3 is 0 Å². The molecule has 0 spiro atoms. The van der Waals surface area contributed by atoms with Crippen LogP contribution in [0.15, 0.2) is 48.9 Å². The van der Waals surface area contributed by atoms with E-state index in [-0.39, 0.29) is 11.9 Å². The van der Waals surface area contributed by atoms with Crippen LogP contribution in [0.4, 0.5) is 0 Å². The number of hydrogen-bond donors (Lipinski definition) is 1. The first-order chi connectivity index (χ1) is 12.7. The molecule has 134 valence electrons. The van der Waals surface area contributed by atoms with Gasteiger partial charge in [0.15, 0.2) is 0 Å². The van der Waals surface area contributed by atoms with Crippen molar-refractivity contribution in [1.29, 1.82) is 0 Å². The topological polar surface area (TPSA) is 68.0 Å². The number of amides is 1. The maximum atomic E-state index is 13.2. The number of rotatable bonds is 3. The summed E-state index contributed by atoms with van der Waals surface area (Å²) in [6.07, 6.45) is 5.16. The predicted octanol–water partition coefficient (Wildman–Crippen LogP) is 2.05. The van der Waals surface area contributed by atoms with E-state index in [0.717, 1.165) is 18.1 Å². The average Bonchev–Trinajstić information content (AvgIpc) is 3.27. The van der Waals surface area contributed by atoms with E-state index in [1.54, 1.807) is 10.9 Å². The van der Waals surface area contributed by atoms with Gasteiger partial charge in [0.25, 0.3) is 5.91 Å². The van der Waals surface area contributed by atoms with E-state index in [1.165, 1.54) is 6.20 Å². The molecule has 1 atom stereocenters. The summed E-state index contributed by atoms with van der Waals surface area (Å²) < 4.78 is 3.51. The van der Waals surface area contributed by atoms with E-state index < -0.39 is 0 Å². The summed E-state index contributed by atoms with van der Waals surface area (Å²) in [4.78, 5) is 19.4. The van der Waals surface area contributed by atoms with Gasteiger partial charge in [0, 0.05) is 39.1 Å². The monoisotopic (exact) mass is 370 g/mol. The number of piperazine rings is 1. The standard InChI is InChI=1S/C18H19ClN6O/c1-23-9-8-21-17(23)15-12-20-7-10-24(15)18(26)14-11-22-25(16(14)19)13-5-3-2-4-6-13/h2-6,8-9,11,15,20H,7,10,12H2,1H3. The summed E-state index contributed by atoms with van der Waals surface area (Å²) >= 11 is 6.49. The van der Waals surface area contributed by atoms with Crippen molar-refractivity contribution < 1.29 is 4.79 Å². The number of para-hydroxylation sites is 1. The van der Waals surface area contributed by atoms with Crippen molar-refractivity contribution in [2.45, 2.75) is 6.04 Å². The van der Waals surface area contributed by atoms with Gasteiger partial charge < -0.3 is 14.8 Å². The fraction of sp³-hybridized carbons (Fsp3) is 0.278. The van der Waals surface area contributed by atoms with Gasteiger partial charge in [-0.05, 0) is 12.1 Å². The van der Waals surface area contributed by atoms with Gasteiger partial charge in [0.05, 0.1) is 17.4 Å². The Labute approximate surface area is 156 Å². The van der Waals surface area contributed by atoms with Crippen LogP contribution < -0.4 is 5.32 Å². The van der Waals surface area contributed by atoms with Crippen LogP contribution in [0.5, 0.6) is 0 Å². The third-order valence-electron chi connectivity index (χ3n) is 4.60. The quantitative estimate of drug-likeness (QED) is 0.766. The SMILES string of the molecule is Cn1ccnc1C1CNCCN1C(=O)c1cnn(-c2ccccc2)c1Cl. The molecule has 7 nitrogen and oxygen atoms in total. The summed E-state index contributed by atoms with van der Waals surface area (Å²) in [6, 6.07) is 9.38. The molecule has 0 radical (unpaired) electrons. The molecule has 1 aromatic carbocycles. The highest BCUT2D eigenvalue weighted by Gasteiger charge is 2.33. The van der Waals surface area contributed by atoms with Gasteiger partial charge in [0.2, 0.25) is 0 Å². The van der Waals surface area contributed by atoms with E-state index in [1.807, 2.05) is 53.0 Å². The molecule has 1 N–H and O–H groups in total. The normalized spacial score (nSPS) is 17.5. The molecule has 1 unspecified atom stereocenters. The molecular formula is C18H19ClN6O. The molecule has 0 bridgehead atoms. The van der Waals surface area contributed by atoms with Gasteiger partial charge in [-0.1, -0.05) is 29.8 Å². The van der Waals surface area contributed by atoms with Gasteiger partial charge in [-0.3, -0.25) is 4.79 Å². The van der Waals surface area contributed by atoms with Crippen LogP contribution in [0.2, 0.25) is 5.15 Å². The molecule has 1 aliphatic rings. The summed E-state index contributed by atoms with van der Waals surface area (Å²) in [5, 5.41) is 7.96. The number of aryl methyl sites for hydroxylation is 1. The third kappa shape index (κ3) is 2.89. The number of benzene rings is 1. The number of halogens is 1. The highest BCUT2D eigenvalue weighted by Crippen LogP contribution is 2.26. The first-order valence-electron chi connectivity index (χ1n) is 8.44. The van der Waals surface area contributed by atoms with Gasteiger partial charge in [-0.15, -0.1) is 0 Å². The van der Waals surface area contributed by atoms with Crippen molar-refractivity contribution in [3.05, 3.63) is 65.5 Å². The van der Waals surface area contributed by atoms with E-state index in [9.17, 15) is 4.79 Å². The van der Waals surface area contributed by atoms with Crippen molar-refractivity contribution in [3.8, 4) is 5.69 Å². The third-order valence-corrected chi connectivity index (χ3v) is 4.97. The van der Waals surface area contributed by atoms with Crippen LogP contribution in [0.3, 0.4) is 0 Å². The maximum absolute atomic E-state index is 13.2. The number of aromatic nitrogens is 4. The predicted molar refractivity (Wildman–Crippen MR) is 98.4 cm³/mol. The molecule has 1 saturated heterocycles. The first kappa shape index (κ1) is 16.8. The van der Waals surface area contributed by atoms with Crippen LogP contribution >= 0.6 is 11.6 Å². The lowest BCUT2D eigenvalue weighted by Crippen LogP contribution is -2.49. The minimum Gasteiger partial charge on any atom is -0.336 e. The summed E-state index contributed by atoms with van der Waals surface area (Å²) in [7, 11) is 1.93. The second-order valence-corrected chi connectivity index (χ2v) is 6.57. The Morgan fingerprint density at radius 1 is 1.31 bits per heavy atom. The summed E-state index contributed by atoms with van der Waals surface area (Å²) in [6.45, 7) is 1.97. The second kappa shape index (κ2) is 6.93. The number of carbonyl (C=O) groups is 1. The van der Waals surface area contributed by atoms with Crippen LogP contribution in [0, 0.1) is 0 Å². The Morgan fingerprint density at radius 3 is 2.85 bits per heavy atom. The Kier molecular flexibility index (Phi) is 4.48. The minimum absolute atomic E-state index is 0.133. The first-order valence-corrected chi connectivity index (χ1v) is 8.82. The Balaban J connectivity index is 1.66. The molecule has 4 rings (SSSR count). The van der Waals surface area contributed by atoms with Gasteiger partial charge in [-0.25, -0.2) is 9.67 Å². The summed E-state index contributed by atoms with van der Waals surface area (Å²) in [5.41, 5.74) is 1.22. The Morgan fingerprint density at radius 2 is 2.12 bits per heavy atom. The molecular weight excluding hydrogens is 352 g/mol. The van der Waals surface area contributed by atoms with Crippen molar-refractivity contribution in [1.82, 2.24) is 29.5 Å². The fourth-order valence-electron chi connectivity index (χ4n) is 3.26. The molecule has 8 heteroatoms. The average molecular weight is 371 g/mol. The number of nitrogens with one attached hydrogen (secondary N) is 1. The number of hydrogen-bond acceptors (Lipinski definition) is 4. The number of carbonyl (C=O) groups excluding carboxylic acids is 1. The molecule has 3 heterocycles. The smallest absolute Gasteiger partial charge is 0.259 e. The lowest BCUT2D eigenvalue weighted by molar-refractivity contribution is 0.0621. The molecule has 1 aliphatic heterocycles. The fourth-order valence-corrected chi connectivity index (χ4v) is 3.53. The van der Waals surface area contributed by atoms with Crippen molar-refractivity contribution >= 4 is 17.5 Å². The molecule has 0 saturated carbocycles. The lowest BCUT2D eigenvalue weighted by atomic mass is 10.1. The molecule has 0 aliphatic carbocycles. The van der Waals surface area contributed by atoms with Crippen molar-refractivity contribution in [3.63, 3.8) is 0 Å². The Hall–Kier alpha value is -2.64. The summed E-state index contributed by atoms with van der Waals surface area (Å²) in [5.74, 6) is 0.712. The van der Waals surface area contributed by atoms with E-state index >= 15 is 0 Å². The zero-order chi connectivity index (χ0) is 18.1. The van der Waals surface area contributed by atoms with Crippen LogP contribution in [0.25, 0.3) is 5.69 Å². The molecule has 1 fully saturated rings. The van der Waals surface area contributed by atoms with E-state index in [2.05, 4.69) is 15.4 Å². The highest BCUT2D eigenvalue weighted by molar-refractivity contribution is 6.33. The lowest BCUT2D eigenvalue weighted by Gasteiger charge is -2.35. The highest BCUT2D eigenvalue weighted by atomic mass is 35.5. The van der Waals surface area contributed by atoms with Crippen molar-refractivity contribution in [2.75, 3.05) is 19.6 Å². The van der Waals surface area contributed by atoms with Crippen molar-refractivity contribution in [2.24, 2.45) is 7.05 Å². The number of nitrogens with zero attached hydrogens (tertiary/aromatic N) is 5. The molecule has 26 heavy (non-hydrogen) atoms. The molecule has 2 aromatic heterocycles. The van der Waals surface area contributed by atoms with E-state index in [0.29, 0.717) is 23.8 Å². The second-order valence-electron chi connectivity index (χ2n) is 6.21. The number of imidazole rings is 1. The van der Waals surface area contributed by atoms with Crippen LogP contribution in [-0.2, 0) is 7.05 Å². The maximum Gasteiger partial charge on any atom is 0.259 e. The van der Waals surface area contributed by atoms with Crippen LogP contribution in [0.1, 0.15) is 22.2 Å². The van der Waals surface area contributed by atoms with Gasteiger partial charge in [-0.2, -0.15) is 5.10 Å². The zero-order valence-electron chi connectivity index (χ0n) is 14.3.